The van der Waals surface area contributed by atoms with E-state index in [4.69, 9.17) is 4.98 Å². The molecule has 3 aromatic rings. The van der Waals surface area contributed by atoms with Crippen molar-refractivity contribution in [1.82, 2.24) is 14.5 Å². The third-order valence-electron chi connectivity index (χ3n) is 10.9. The van der Waals surface area contributed by atoms with Crippen LogP contribution in [0.1, 0.15) is 138 Å². The normalized spacial score (nSPS) is 14.5. The molecule has 0 bridgehead atoms. The van der Waals surface area contributed by atoms with Crippen LogP contribution >= 0.6 is 0 Å². The highest BCUT2D eigenvalue weighted by Gasteiger charge is 2.30. The molecule has 3 aromatic carbocycles. The van der Waals surface area contributed by atoms with Crippen LogP contribution in [0.25, 0.3) is 22.6 Å². The summed E-state index contributed by atoms with van der Waals surface area (Å²) in [6.45, 7) is 8.88. The fraction of sp³-hybridized carbons (Fsp3) is 0.426. The van der Waals surface area contributed by atoms with Gasteiger partial charge in [-0.2, -0.15) is 0 Å². The van der Waals surface area contributed by atoms with Gasteiger partial charge >= 0.3 is 0 Å². The van der Waals surface area contributed by atoms with Crippen LogP contribution < -0.4 is 5.56 Å². The first-order valence-electron chi connectivity index (χ1n) is 20.0. The Kier molecular flexibility index (Phi) is 12.5. The Hall–Kier alpha value is -4.71. The number of aromatic nitrogens is 3. The molecule has 6 heteroatoms. The third-order valence-corrected chi connectivity index (χ3v) is 10.9. The molecule has 2 aliphatic heterocycles. The summed E-state index contributed by atoms with van der Waals surface area (Å²) in [6.07, 6.45) is 20.3. The van der Waals surface area contributed by atoms with Crippen LogP contribution in [0.15, 0.2) is 89.9 Å². The molecule has 0 aromatic heterocycles. The first-order valence-corrected chi connectivity index (χ1v) is 20.0. The highest BCUT2D eigenvalue weighted by atomic mass is 16.3. The average molecular weight is 712 g/mol. The average Bonchev–Trinajstić information content (AvgIpc) is 3.46. The van der Waals surface area contributed by atoms with Gasteiger partial charge in [-0.05, 0) is 63.9 Å². The number of nitrogens with zero attached hydrogens (tertiary/aromatic N) is 2. The van der Waals surface area contributed by atoms with Crippen LogP contribution in [0.2, 0.25) is 0 Å². The molecule has 6 rings (SSSR count). The minimum Gasteiger partial charge on any atom is -0.508 e. The maximum Gasteiger partial charge on any atom is 0.278 e. The fourth-order valence-electron chi connectivity index (χ4n) is 7.47. The molecular weight excluding hydrogens is 655 g/mol. The van der Waals surface area contributed by atoms with Crippen molar-refractivity contribution in [2.24, 2.45) is 5.92 Å². The molecule has 278 valence electrons. The fourth-order valence-corrected chi connectivity index (χ4v) is 7.47. The van der Waals surface area contributed by atoms with Crippen LogP contribution in [0.4, 0.5) is 0 Å². The highest BCUT2D eigenvalue weighted by Crippen LogP contribution is 2.34. The van der Waals surface area contributed by atoms with Gasteiger partial charge < -0.3 is 10.1 Å². The maximum atomic E-state index is 13.9. The summed E-state index contributed by atoms with van der Waals surface area (Å²) in [5.41, 5.74) is 7.98. The molecule has 6 nitrogen and oxygen atoms in total. The largest absolute Gasteiger partial charge is 0.508 e. The summed E-state index contributed by atoms with van der Waals surface area (Å²) >= 11 is 0. The van der Waals surface area contributed by atoms with Crippen molar-refractivity contribution >= 4 is 11.4 Å². The zero-order valence-electron chi connectivity index (χ0n) is 32.2. The number of aromatic hydroxyl groups is 1. The van der Waals surface area contributed by atoms with Crippen LogP contribution in [-0.2, 0) is 23.1 Å². The van der Waals surface area contributed by atoms with Gasteiger partial charge in [0.25, 0.3) is 5.56 Å². The predicted molar refractivity (Wildman–Crippen MR) is 217 cm³/mol. The Balaban J connectivity index is 1.10. The van der Waals surface area contributed by atoms with Gasteiger partial charge in [0.05, 0.1) is 11.4 Å². The number of phenols is 1. The third kappa shape index (κ3) is 9.64. The van der Waals surface area contributed by atoms with Crippen molar-refractivity contribution in [2.75, 3.05) is 0 Å². The first-order chi connectivity index (χ1) is 25.6. The molecule has 53 heavy (non-hydrogen) atoms. The molecule has 1 atom stereocenters. The number of nitrogens with one attached hydrogen (secondary N) is 1. The van der Waals surface area contributed by atoms with Gasteiger partial charge in [-0.3, -0.25) is 14.2 Å². The number of hydrogen-bond donors (Lipinski definition) is 2. The van der Waals surface area contributed by atoms with Crippen LogP contribution in [0, 0.1) is 5.92 Å². The van der Waals surface area contributed by atoms with Crippen LogP contribution in [0.5, 0.6) is 5.75 Å². The number of phenolic OH excluding ortho intramolecular Hbond substituents is 1. The second-order valence-corrected chi connectivity index (χ2v) is 16.1. The Labute approximate surface area is 315 Å². The lowest BCUT2D eigenvalue weighted by molar-refractivity contribution is -0.117. The molecule has 0 amide bonds. The molecule has 0 spiro atoms. The Morgan fingerprint density at radius 3 is 1.89 bits per heavy atom. The van der Waals surface area contributed by atoms with E-state index in [-0.39, 0.29) is 28.4 Å². The lowest BCUT2D eigenvalue weighted by Gasteiger charge is -2.24. The standard InChI is InChI=1S/C47H57N3O3/c1-5-6-7-8-9-10-11-12-13-14-15-16-37-31-40(44(37)52)35-21-17-33(18-22-35)30-42-46(53)50-32-43(36-23-27-39(51)28-24-36)48-41(45(50)49-42)29-34-19-25-38(26-20-34)47(2,3)4/h17-28,31-32,37,48,51H,5-16,29-30H2,1-4H3. The minimum atomic E-state index is -0.149. The van der Waals surface area contributed by atoms with E-state index in [1.807, 2.05) is 36.4 Å². The first kappa shape index (κ1) is 38.0. The molecular formula is C47H57N3O3. The highest BCUT2D eigenvalue weighted by molar-refractivity contribution is 6.28. The number of Topliss-reactive ketones (excluding diaryl/α,β-unsaturated/α-hetero) is 1. The molecule has 1 aliphatic carbocycles. The van der Waals surface area contributed by atoms with Gasteiger partial charge in [0, 0.05) is 30.5 Å². The van der Waals surface area contributed by atoms with Gasteiger partial charge in [0.2, 0.25) is 0 Å². The summed E-state index contributed by atoms with van der Waals surface area (Å²) in [4.78, 5) is 35.3. The van der Waals surface area contributed by atoms with Crippen molar-refractivity contribution in [3.8, 4) is 22.8 Å². The summed E-state index contributed by atoms with van der Waals surface area (Å²) in [5, 5.41) is 9.87. The smallest absolute Gasteiger partial charge is 0.278 e. The Morgan fingerprint density at radius 1 is 0.717 bits per heavy atom. The van der Waals surface area contributed by atoms with E-state index < -0.39 is 0 Å². The summed E-state index contributed by atoms with van der Waals surface area (Å²) < 4.78 is 1.65. The number of imidazole rings is 1. The van der Waals surface area contributed by atoms with E-state index in [1.54, 1.807) is 22.9 Å². The van der Waals surface area contributed by atoms with Crippen molar-refractivity contribution in [3.05, 3.63) is 129 Å². The number of carbonyl (C=O) groups excluding carboxylic acids is 1. The molecule has 2 N–H and O–H groups in total. The Bertz CT molecular complexity index is 2010. The maximum absolute atomic E-state index is 13.9. The Morgan fingerprint density at radius 2 is 1.28 bits per heavy atom. The van der Waals surface area contributed by atoms with Gasteiger partial charge in [0.15, 0.2) is 11.6 Å². The number of aromatic amines is 1. The molecule has 2 heterocycles. The van der Waals surface area contributed by atoms with Crippen LogP contribution in [0.3, 0.4) is 0 Å². The predicted octanol–water partition coefficient (Wildman–Crippen LogP) is 11.1. The van der Waals surface area contributed by atoms with E-state index in [2.05, 4.69) is 63.0 Å². The van der Waals surface area contributed by atoms with E-state index in [9.17, 15) is 14.7 Å². The number of rotatable bonds is 18. The molecule has 0 saturated carbocycles. The van der Waals surface area contributed by atoms with E-state index in [0.29, 0.717) is 24.4 Å². The van der Waals surface area contributed by atoms with E-state index in [1.165, 1.54) is 69.8 Å². The van der Waals surface area contributed by atoms with Crippen molar-refractivity contribution in [2.45, 2.75) is 123 Å². The second kappa shape index (κ2) is 17.4. The van der Waals surface area contributed by atoms with Crippen molar-refractivity contribution in [1.29, 1.82) is 0 Å². The number of ketones is 1. The lowest BCUT2D eigenvalue weighted by atomic mass is 9.78. The van der Waals surface area contributed by atoms with E-state index >= 15 is 0 Å². The number of hydrogen-bond acceptors (Lipinski definition) is 4. The number of unbranched alkanes of at least 4 members (excludes halogenated alkanes) is 10. The molecule has 0 saturated heterocycles. The number of benzene rings is 3. The minimum absolute atomic E-state index is 0.0538. The number of carbonyl (C=O) groups is 1. The van der Waals surface area contributed by atoms with Crippen molar-refractivity contribution in [3.63, 3.8) is 0 Å². The summed E-state index contributed by atoms with van der Waals surface area (Å²) in [6, 6.07) is 23.6. The van der Waals surface area contributed by atoms with Gasteiger partial charge in [-0.15, -0.1) is 0 Å². The quantitative estimate of drug-likeness (QED) is 0.0886. The monoisotopic (exact) mass is 711 g/mol. The molecule has 1 unspecified atom stereocenters. The molecule has 3 aliphatic rings. The molecule has 0 radical (unpaired) electrons. The number of fused-ring (bicyclic) bond motifs is 1. The number of allylic oxidation sites excluding steroid dienone is 2. The van der Waals surface area contributed by atoms with E-state index in [0.717, 1.165) is 52.1 Å². The van der Waals surface area contributed by atoms with Gasteiger partial charge in [-0.25, -0.2) is 4.98 Å². The second-order valence-electron chi connectivity index (χ2n) is 16.1. The zero-order chi connectivity index (χ0) is 37.4. The van der Waals surface area contributed by atoms with Gasteiger partial charge in [0.1, 0.15) is 11.4 Å². The summed E-state index contributed by atoms with van der Waals surface area (Å²) in [7, 11) is 0. The van der Waals surface area contributed by atoms with Crippen LogP contribution in [-0.4, -0.2) is 25.4 Å². The summed E-state index contributed by atoms with van der Waals surface area (Å²) in [5.74, 6) is 1.11. The lowest BCUT2D eigenvalue weighted by Crippen LogP contribution is -2.23. The zero-order valence-corrected chi connectivity index (χ0v) is 32.2. The van der Waals surface area contributed by atoms with Crippen molar-refractivity contribution < 1.29 is 9.90 Å². The van der Waals surface area contributed by atoms with Gasteiger partial charge in [-0.1, -0.05) is 153 Å². The molecule has 0 fully saturated rings. The number of H-pyrrole nitrogens is 1. The topological polar surface area (TPSA) is 88.0 Å². The SMILES string of the molecule is CCCCCCCCCCCCCC1C=C(c2ccc(Cc3nc4c(Cc5ccc(C(C)(C)C)cc5)[nH]c(-c5ccc(O)cc5)cn-4c3=O)cc2)C1=O.